The number of esters is 1. The zero-order valence-electron chi connectivity index (χ0n) is 20.8. The minimum Gasteiger partial charge on any atom is -0.466 e. The highest BCUT2D eigenvalue weighted by Gasteiger charge is 2.03. The molecular formula is C27H54O4. The molecule has 0 bridgehead atoms. The number of hydrogen-bond acceptors (Lipinski definition) is 4. The summed E-state index contributed by atoms with van der Waals surface area (Å²) >= 11 is 0. The van der Waals surface area contributed by atoms with E-state index in [1.807, 2.05) is 0 Å². The number of unbranched alkanes of at least 4 members (excludes halogenated alkanes) is 18. The SMILES string of the molecule is CCCCCCCCCCCCOC(=O)CCCCCCCCCCCCC(O)CO. The van der Waals surface area contributed by atoms with Crippen LogP contribution in [0.25, 0.3) is 0 Å². The fraction of sp³-hybridized carbons (Fsp3) is 0.963. The third-order valence-electron chi connectivity index (χ3n) is 6.14. The Bertz CT molecular complexity index is 359. The Hall–Kier alpha value is -0.610. The van der Waals surface area contributed by atoms with Crippen molar-refractivity contribution < 1.29 is 19.7 Å². The molecule has 0 aromatic heterocycles. The highest BCUT2D eigenvalue weighted by atomic mass is 16.5. The molecule has 0 fully saturated rings. The molecule has 1 atom stereocenters. The van der Waals surface area contributed by atoms with Gasteiger partial charge in [-0.15, -0.1) is 0 Å². The van der Waals surface area contributed by atoms with Gasteiger partial charge in [-0.25, -0.2) is 0 Å². The Morgan fingerprint density at radius 3 is 1.55 bits per heavy atom. The van der Waals surface area contributed by atoms with Crippen LogP contribution in [0.2, 0.25) is 0 Å². The summed E-state index contributed by atoms with van der Waals surface area (Å²) in [5.74, 6) is -0.0118. The molecule has 0 heterocycles. The number of rotatable bonds is 25. The van der Waals surface area contributed by atoms with Crippen molar-refractivity contribution >= 4 is 5.97 Å². The van der Waals surface area contributed by atoms with E-state index in [0.29, 0.717) is 13.0 Å². The van der Waals surface area contributed by atoms with E-state index in [4.69, 9.17) is 9.84 Å². The lowest BCUT2D eigenvalue weighted by atomic mass is 10.0. The quantitative estimate of drug-likeness (QED) is 0.114. The van der Waals surface area contributed by atoms with E-state index in [9.17, 15) is 9.90 Å². The van der Waals surface area contributed by atoms with Gasteiger partial charge in [0.25, 0.3) is 0 Å². The lowest BCUT2D eigenvalue weighted by molar-refractivity contribution is -0.143. The molecule has 0 amide bonds. The van der Waals surface area contributed by atoms with Gasteiger partial charge in [-0.05, 0) is 19.3 Å². The number of aliphatic hydroxyl groups excluding tert-OH is 2. The van der Waals surface area contributed by atoms with Crippen LogP contribution in [0.5, 0.6) is 0 Å². The van der Waals surface area contributed by atoms with Crippen molar-refractivity contribution in [1.82, 2.24) is 0 Å². The molecule has 31 heavy (non-hydrogen) atoms. The molecule has 0 saturated carbocycles. The number of aliphatic hydroxyl groups is 2. The van der Waals surface area contributed by atoms with Gasteiger partial charge in [-0.1, -0.05) is 122 Å². The number of carbonyl (C=O) groups excluding carboxylic acids is 1. The van der Waals surface area contributed by atoms with Crippen LogP contribution in [-0.4, -0.2) is 35.5 Å². The summed E-state index contributed by atoms with van der Waals surface area (Å²) in [5.41, 5.74) is 0. The van der Waals surface area contributed by atoms with Crippen LogP contribution in [0.4, 0.5) is 0 Å². The first-order chi connectivity index (χ1) is 15.2. The first-order valence-electron chi connectivity index (χ1n) is 13.6. The van der Waals surface area contributed by atoms with E-state index >= 15 is 0 Å². The van der Waals surface area contributed by atoms with Gasteiger partial charge in [-0.2, -0.15) is 0 Å². The largest absolute Gasteiger partial charge is 0.466 e. The average molecular weight is 443 g/mol. The van der Waals surface area contributed by atoms with Gasteiger partial charge in [-0.3, -0.25) is 4.79 Å². The van der Waals surface area contributed by atoms with E-state index in [2.05, 4.69) is 6.92 Å². The van der Waals surface area contributed by atoms with Gasteiger partial charge in [0.2, 0.25) is 0 Å². The van der Waals surface area contributed by atoms with E-state index in [1.165, 1.54) is 96.3 Å². The lowest BCUT2D eigenvalue weighted by Gasteiger charge is -2.06. The van der Waals surface area contributed by atoms with Crippen molar-refractivity contribution in [2.45, 2.75) is 154 Å². The van der Waals surface area contributed by atoms with Crippen molar-refractivity contribution in [3.05, 3.63) is 0 Å². The third-order valence-corrected chi connectivity index (χ3v) is 6.14. The van der Waals surface area contributed by atoms with E-state index in [1.54, 1.807) is 0 Å². The summed E-state index contributed by atoms with van der Waals surface area (Å²) in [6.07, 6.45) is 25.6. The number of hydrogen-bond donors (Lipinski definition) is 2. The second-order valence-electron chi connectivity index (χ2n) is 9.31. The fourth-order valence-electron chi connectivity index (χ4n) is 4.00. The number of carbonyl (C=O) groups is 1. The molecule has 0 aliphatic rings. The van der Waals surface area contributed by atoms with Gasteiger partial charge >= 0.3 is 5.97 Å². The standard InChI is InChI=1S/C27H54O4/c1-2-3-4-5-6-7-12-15-18-21-24-31-27(30)23-20-17-14-11-9-8-10-13-16-19-22-26(29)25-28/h26,28-29H,2-25H2,1H3. The van der Waals surface area contributed by atoms with Crippen molar-refractivity contribution in [3.8, 4) is 0 Å². The first-order valence-corrected chi connectivity index (χ1v) is 13.6. The van der Waals surface area contributed by atoms with Gasteiger partial charge in [0.1, 0.15) is 0 Å². The van der Waals surface area contributed by atoms with E-state index in [0.717, 1.165) is 38.5 Å². The topological polar surface area (TPSA) is 66.8 Å². The molecule has 4 heteroatoms. The van der Waals surface area contributed by atoms with Crippen molar-refractivity contribution in [2.75, 3.05) is 13.2 Å². The Balaban J connectivity index is 3.16. The van der Waals surface area contributed by atoms with Crippen LogP contribution >= 0.6 is 0 Å². The van der Waals surface area contributed by atoms with E-state index < -0.39 is 6.10 Å². The maximum atomic E-state index is 11.8. The molecule has 0 aromatic rings. The fourth-order valence-corrected chi connectivity index (χ4v) is 4.00. The molecule has 2 N–H and O–H groups in total. The predicted molar refractivity (Wildman–Crippen MR) is 131 cm³/mol. The van der Waals surface area contributed by atoms with E-state index in [-0.39, 0.29) is 12.6 Å². The molecule has 186 valence electrons. The summed E-state index contributed by atoms with van der Waals surface area (Å²) in [4.78, 5) is 11.8. The second kappa shape index (κ2) is 25.6. The summed E-state index contributed by atoms with van der Waals surface area (Å²) in [5, 5.41) is 18.0. The molecule has 1 unspecified atom stereocenters. The maximum absolute atomic E-state index is 11.8. The summed E-state index contributed by atoms with van der Waals surface area (Å²) < 4.78 is 5.36. The summed E-state index contributed by atoms with van der Waals surface area (Å²) in [6.45, 7) is 2.75. The van der Waals surface area contributed by atoms with Crippen LogP contribution in [0, 0.1) is 0 Å². The predicted octanol–water partition coefficient (Wildman–Crippen LogP) is 7.48. The summed E-state index contributed by atoms with van der Waals surface area (Å²) in [6, 6.07) is 0. The van der Waals surface area contributed by atoms with Gasteiger partial charge in [0.05, 0.1) is 19.3 Å². The van der Waals surface area contributed by atoms with Crippen molar-refractivity contribution in [1.29, 1.82) is 0 Å². The highest BCUT2D eigenvalue weighted by Crippen LogP contribution is 2.13. The lowest BCUT2D eigenvalue weighted by Crippen LogP contribution is -2.10. The van der Waals surface area contributed by atoms with Gasteiger partial charge < -0.3 is 14.9 Å². The third kappa shape index (κ3) is 25.5. The summed E-state index contributed by atoms with van der Waals surface area (Å²) in [7, 11) is 0. The van der Waals surface area contributed by atoms with Gasteiger partial charge in [0, 0.05) is 6.42 Å². The zero-order chi connectivity index (χ0) is 22.8. The van der Waals surface area contributed by atoms with Crippen molar-refractivity contribution in [3.63, 3.8) is 0 Å². The van der Waals surface area contributed by atoms with Crippen LogP contribution < -0.4 is 0 Å². The molecule has 0 aliphatic heterocycles. The van der Waals surface area contributed by atoms with Gasteiger partial charge in [0.15, 0.2) is 0 Å². The van der Waals surface area contributed by atoms with Crippen LogP contribution in [0.3, 0.4) is 0 Å². The minimum absolute atomic E-state index is 0.0118. The molecule has 0 aliphatic carbocycles. The van der Waals surface area contributed by atoms with Crippen LogP contribution in [0.1, 0.15) is 148 Å². The molecular weight excluding hydrogens is 388 g/mol. The Labute approximate surface area is 193 Å². The Morgan fingerprint density at radius 1 is 0.645 bits per heavy atom. The Morgan fingerprint density at radius 2 is 1.06 bits per heavy atom. The zero-order valence-corrected chi connectivity index (χ0v) is 20.8. The highest BCUT2D eigenvalue weighted by molar-refractivity contribution is 5.69. The first kappa shape index (κ1) is 30.4. The Kier molecular flexibility index (Phi) is 25.1. The smallest absolute Gasteiger partial charge is 0.305 e. The molecule has 4 nitrogen and oxygen atoms in total. The molecule has 0 aromatic carbocycles. The normalized spacial score (nSPS) is 12.2. The molecule has 0 radical (unpaired) electrons. The molecule has 0 rings (SSSR count). The molecule has 0 saturated heterocycles. The average Bonchev–Trinajstić information content (AvgIpc) is 2.77. The minimum atomic E-state index is -0.531. The second-order valence-corrected chi connectivity index (χ2v) is 9.31. The van der Waals surface area contributed by atoms with Crippen molar-refractivity contribution in [2.24, 2.45) is 0 Å². The van der Waals surface area contributed by atoms with Crippen LogP contribution in [-0.2, 0) is 9.53 Å². The molecule has 0 spiro atoms. The monoisotopic (exact) mass is 442 g/mol. The maximum Gasteiger partial charge on any atom is 0.305 e. The number of ether oxygens (including phenoxy) is 1. The van der Waals surface area contributed by atoms with Crippen LogP contribution in [0.15, 0.2) is 0 Å².